The Morgan fingerprint density at radius 3 is 2.00 bits per heavy atom. The fourth-order valence-corrected chi connectivity index (χ4v) is 1.06. The predicted molar refractivity (Wildman–Crippen MR) is 48.8 cm³/mol. The van der Waals surface area contributed by atoms with Crippen LogP contribution in [-0.2, 0) is 0 Å². The second kappa shape index (κ2) is 3.51. The van der Waals surface area contributed by atoms with Crippen LogP contribution >= 0.6 is 22.6 Å². The highest BCUT2D eigenvalue weighted by atomic mass is 127. The van der Waals surface area contributed by atoms with Gasteiger partial charge in [0.1, 0.15) is 0 Å². The number of rotatable bonds is 1. The number of halogens is 4. The zero-order valence-corrected chi connectivity index (χ0v) is 7.98. The Hall–Kier alpha value is -0.460. The van der Waals surface area contributed by atoms with E-state index in [9.17, 15) is 13.2 Å². The molecule has 0 saturated carbocycles. The van der Waals surface area contributed by atoms with Gasteiger partial charge in [0.05, 0.1) is 0 Å². The van der Waals surface area contributed by atoms with E-state index in [0.29, 0.717) is 0 Å². The van der Waals surface area contributed by atoms with Crippen molar-refractivity contribution in [3.8, 4) is 0 Å². The summed E-state index contributed by atoms with van der Waals surface area (Å²) in [4.78, 5) is 0. The quantitative estimate of drug-likeness (QED) is 0.617. The topological polar surface area (TPSA) is 12.0 Å². The number of alkyl halides is 3. The average Bonchev–Trinajstić information content (AvgIpc) is 1.91. The van der Waals surface area contributed by atoms with Crippen LogP contribution in [0.5, 0.6) is 0 Å². The number of nitrogens with one attached hydrogen (secondary N) is 1. The van der Waals surface area contributed by atoms with E-state index in [1.165, 1.54) is 17.4 Å². The van der Waals surface area contributed by atoms with Crippen molar-refractivity contribution in [2.45, 2.75) is 6.30 Å². The van der Waals surface area contributed by atoms with Crippen molar-refractivity contribution in [3.05, 3.63) is 27.8 Å². The molecular weight excluding hydrogens is 282 g/mol. The molecule has 0 heterocycles. The van der Waals surface area contributed by atoms with Crippen molar-refractivity contribution in [1.82, 2.24) is 0 Å². The van der Waals surface area contributed by atoms with Gasteiger partial charge in [0.25, 0.3) is 0 Å². The summed E-state index contributed by atoms with van der Waals surface area (Å²) >= 11 is 2.02. The van der Waals surface area contributed by atoms with Gasteiger partial charge in [0.2, 0.25) is 0 Å². The second-order valence-electron chi connectivity index (χ2n) is 2.13. The molecule has 0 atom stereocenters. The first-order valence-corrected chi connectivity index (χ1v) is 4.16. The molecule has 1 nitrogen and oxygen atoms in total. The molecule has 0 bridgehead atoms. The fourth-order valence-electron chi connectivity index (χ4n) is 0.697. The number of benzene rings is 1. The van der Waals surface area contributed by atoms with Crippen molar-refractivity contribution in [2.24, 2.45) is 0 Å². The highest BCUT2D eigenvalue weighted by Gasteiger charge is 2.26. The Labute approximate surface area is 81.1 Å². The Morgan fingerprint density at radius 1 is 1.08 bits per heavy atom. The normalized spacial score (nSPS) is 11.3. The van der Waals surface area contributed by atoms with Crippen LogP contribution in [0.15, 0.2) is 24.3 Å². The third kappa shape index (κ3) is 3.29. The molecular formula is C7H5F3IN. The lowest BCUT2D eigenvalue weighted by Crippen LogP contribution is -2.20. The fraction of sp³-hybridized carbons (Fsp3) is 0.143. The van der Waals surface area contributed by atoms with E-state index >= 15 is 0 Å². The van der Waals surface area contributed by atoms with Gasteiger partial charge in [-0.05, 0) is 46.9 Å². The largest absolute Gasteiger partial charge is 0.482 e. The number of hydrogen-bond donors (Lipinski definition) is 1. The summed E-state index contributed by atoms with van der Waals surface area (Å²) in [6.45, 7) is 0. The first-order chi connectivity index (χ1) is 5.47. The highest BCUT2D eigenvalue weighted by Crippen LogP contribution is 2.20. The molecule has 0 aliphatic carbocycles. The lowest BCUT2D eigenvalue weighted by Gasteiger charge is -2.08. The van der Waals surface area contributed by atoms with Crippen LogP contribution in [0.25, 0.3) is 0 Å². The van der Waals surface area contributed by atoms with Crippen molar-refractivity contribution < 1.29 is 13.2 Å². The first kappa shape index (κ1) is 9.63. The second-order valence-corrected chi connectivity index (χ2v) is 3.38. The Bertz CT molecular complexity index is 254. The van der Waals surface area contributed by atoms with E-state index in [1.54, 1.807) is 12.1 Å². The van der Waals surface area contributed by atoms with Crippen LogP contribution < -0.4 is 5.32 Å². The lowest BCUT2D eigenvalue weighted by molar-refractivity contribution is -0.0999. The molecule has 0 radical (unpaired) electrons. The van der Waals surface area contributed by atoms with Gasteiger partial charge in [0, 0.05) is 9.26 Å². The molecule has 0 spiro atoms. The lowest BCUT2D eigenvalue weighted by atomic mass is 10.3. The Kier molecular flexibility index (Phi) is 2.81. The zero-order chi connectivity index (χ0) is 9.19. The van der Waals surface area contributed by atoms with Gasteiger partial charge >= 0.3 is 6.30 Å². The van der Waals surface area contributed by atoms with Crippen molar-refractivity contribution in [2.75, 3.05) is 5.32 Å². The average molecular weight is 287 g/mol. The molecule has 0 fully saturated rings. The Balaban J connectivity index is 2.71. The van der Waals surface area contributed by atoms with Crippen LogP contribution in [0.2, 0.25) is 0 Å². The monoisotopic (exact) mass is 287 g/mol. The molecule has 0 aliphatic heterocycles. The summed E-state index contributed by atoms with van der Waals surface area (Å²) in [5.74, 6) is 0. The SMILES string of the molecule is FC(F)(F)Nc1ccc(I)cc1. The van der Waals surface area contributed by atoms with Crippen molar-refractivity contribution in [1.29, 1.82) is 0 Å². The minimum atomic E-state index is -4.35. The minimum absolute atomic E-state index is 0.0583. The summed E-state index contributed by atoms with van der Waals surface area (Å²) < 4.78 is 36.1. The molecule has 1 aromatic carbocycles. The first-order valence-electron chi connectivity index (χ1n) is 3.08. The number of anilines is 1. The van der Waals surface area contributed by atoms with Crippen LogP contribution in [0, 0.1) is 3.57 Å². The van der Waals surface area contributed by atoms with E-state index in [4.69, 9.17) is 0 Å². The highest BCUT2D eigenvalue weighted by molar-refractivity contribution is 14.1. The summed E-state index contributed by atoms with van der Waals surface area (Å²) in [6, 6.07) is 5.98. The van der Waals surface area contributed by atoms with Gasteiger partial charge in [-0.2, -0.15) is 13.2 Å². The van der Waals surface area contributed by atoms with Crippen LogP contribution in [0.4, 0.5) is 18.9 Å². The summed E-state index contributed by atoms with van der Waals surface area (Å²) in [7, 11) is 0. The molecule has 0 aliphatic rings. The summed E-state index contributed by atoms with van der Waals surface area (Å²) in [6.07, 6.45) is -4.35. The van der Waals surface area contributed by atoms with Gasteiger partial charge in [-0.1, -0.05) is 0 Å². The maximum atomic E-state index is 11.7. The predicted octanol–water partition coefficient (Wildman–Crippen LogP) is 3.22. The van der Waals surface area contributed by atoms with E-state index in [1.807, 2.05) is 22.6 Å². The van der Waals surface area contributed by atoms with Crippen LogP contribution in [0.1, 0.15) is 0 Å². The van der Waals surface area contributed by atoms with E-state index < -0.39 is 6.30 Å². The zero-order valence-electron chi connectivity index (χ0n) is 5.82. The van der Waals surface area contributed by atoms with E-state index in [2.05, 4.69) is 0 Å². The van der Waals surface area contributed by atoms with Crippen molar-refractivity contribution >= 4 is 28.3 Å². The Morgan fingerprint density at radius 2 is 1.58 bits per heavy atom. The third-order valence-electron chi connectivity index (χ3n) is 1.13. The van der Waals surface area contributed by atoms with Gasteiger partial charge in [-0.25, -0.2) is 0 Å². The maximum Gasteiger partial charge on any atom is 0.482 e. The molecule has 1 aromatic rings. The van der Waals surface area contributed by atoms with Gasteiger partial charge in [0.15, 0.2) is 0 Å². The summed E-state index contributed by atoms with van der Waals surface area (Å²) in [5, 5.41) is 1.40. The molecule has 1 rings (SSSR count). The molecule has 12 heavy (non-hydrogen) atoms. The number of hydrogen-bond acceptors (Lipinski definition) is 1. The molecule has 0 unspecified atom stereocenters. The van der Waals surface area contributed by atoms with Crippen molar-refractivity contribution in [3.63, 3.8) is 0 Å². The summed E-state index contributed by atoms with van der Waals surface area (Å²) in [5.41, 5.74) is 0.0583. The standard InChI is InChI=1S/C7H5F3IN/c8-7(9,10)12-6-3-1-5(11)2-4-6/h1-4,12H. The van der Waals surface area contributed by atoms with Gasteiger partial charge in [-0.3, -0.25) is 5.32 Å². The van der Waals surface area contributed by atoms with Crippen LogP contribution in [0.3, 0.4) is 0 Å². The van der Waals surface area contributed by atoms with Gasteiger partial charge < -0.3 is 0 Å². The van der Waals surface area contributed by atoms with E-state index in [0.717, 1.165) is 3.57 Å². The smallest absolute Gasteiger partial charge is 0.298 e. The minimum Gasteiger partial charge on any atom is -0.298 e. The van der Waals surface area contributed by atoms with Crippen LogP contribution in [-0.4, -0.2) is 6.30 Å². The maximum absolute atomic E-state index is 11.7. The molecule has 66 valence electrons. The molecule has 1 N–H and O–H groups in total. The third-order valence-corrected chi connectivity index (χ3v) is 1.85. The van der Waals surface area contributed by atoms with Gasteiger partial charge in [-0.15, -0.1) is 0 Å². The molecule has 0 aromatic heterocycles. The molecule has 0 amide bonds. The molecule has 5 heteroatoms. The molecule has 0 saturated heterocycles. The van der Waals surface area contributed by atoms with E-state index in [-0.39, 0.29) is 5.69 Å².